The molecule has 2 atom stereocenters. The molecule has 2 amide bonds. The van der Waals surface area contributed by atoms with E-state index in [1.165, 1.54) is 0 Å². The zero-order chi connectivity index (χ0) is 17.1. The van der Waals surface area contributed by atoms with E-state index >= 15 is 0 Å². The van der Waals surface area contributed by atoms with Crippen molar-refractivity contribution in [1.29, 1.82) is 0 Å². The van der Waals surface area contributed by atoms with Gasteiger partial charge in [0.05, 0.1) is 5.92 Å². The van der Waals surface area contributed by atoms with Crippen LogP contribution >= 0.6 is 0 Å². The van der Waals surface area contributed by atoms with Crippen molar-refractivity contribution < 1.29 is 9.59 Å². The predicted molar refractivity (Wildman–Crippen MR) is 93.9 cm³/mol. The van der Waals surface area contributed by atoms with Crippen LogP contribution < -0.4 is 5.32 Å². The van der Waals surface area contributed by atoms with Gasteiger partial charge in [0.15, 0.2) is 0 Å². The first-order valence-electron chi connectivity index (χ1n) is 8.92. The number of likely N-dealkylation sites (tertiary alicyclic amines) is 1. The van der Waals surface area contributed by atoms with Gasteiger partial charge in [0, 0.05) is 44.3 Å². The van der Waals surface area contributed by atoms with Crippen molar-refractivity contribution in [3.05, 3.63) is 35.4 Å². The average molecular weight is 329 g/mol. The van der Waals surface area contributed by atoms with Gasteiger partial charge in [-0.25, -0.2) is 0 Å². The van der Waals surface area contributed by atoms with E-state index in [0.717, 1.165) is 44.6 Å². The van der Waals surface area contributed by atoms with E-state index < -0.39 is 0 Å². The number of amides is 2. The highest BCUT2D eigenvalue weighted by Crippen LogP contribution is 2.21. The largest absolute Gasteiger partial charge is 0.340 e. The van der Waals surface area contributed by atoms with Crippen LogP contribution in [0.2, 0.25) is 0 Å². The van der Waals surface area contributed by atoms with Crippen LogP contribution in [0, 0.1) is 12.8 Å². The Labute approximate surface area is 144 Å². The summed E-state index contributed by atoms with van der Waals surface area (Å²) < 4.78 is 0. The second kappa shape index (κ2) is 7.34. The Morgan fingerprint density at radius 2 is 1.83 bits per heavy atom. The summed E-state index contributed by atoms with van der Waals surface area (Å²) in [5.74, 6) is 0.199. The van der Waals surface area contributed by atoms with E-state index in [0.29, 0.717) is 18.2 Å². The van der Waals surface area contributed by atoms with E-state index in [2.05, 4.69) is 12.2 Å². The van der Waals surface area contributed by atoms with Crippen LogP contribution in [0.25, 0.3) is 0 Å². The lowest BCUT2D eigenvalue weighted by molar-refractivity contribution is -0.138. The lowest BCUT2D eigenvalue weighted by Crippen LogP contribution is -2.54. The number of piperazine rings is 1. The number of nitrogens with zero attached hydrogens (tertiary/aromatic N) is 2. The molecule has 130 valence electrons. The first-order valence-corrected chi connectivity index (χ1v) is 8.92. The van der Waals surface area contributed by atoms with Crippen molar-refractivity contribution in [3.63, 3.8) is 0 Å². The number of rotatable bonds is 2. The van der Waals surface area contributed by atoms with Gasteiger partial charge in [-0.05, 0) is 38.8 Å². The van der Waals surface area contributed by atoms with Gasteiger partial charge in [-0.15, -0.1) is 0 Å². The Balaban J connectivity index is 1.64. The molecule has 0 radical (unpaired) electrons. The van der Waals surface area contributed by atoms with Gasteiger partial charge in [0.25, 0.3) is 5.91 Å². The molecular weight excluding hydrogens is 302 g/mol. The summed E-state index contributed by atoms with van der Waals surface area (Å²) in [6.07, 6.45) is 1.78. The second-order valence-corrected chi connectivity index (χ2v) is 7.10. The molecule has 1 aromatic carbocycles. The molecule has 0 bridgehead atoms. The number of hydrogen-bond donors (Lipinski definition) is 1. The van der Waals surface area contributed by atoms with Crippen molar-refractivity contribution in [2.45, 2.75) is 32.7 Å². The maximum atomic E-state index is 12.8. The molecule has 2 aliphatic heterocycles. The maximum Gasteiger partial charge on any atom is 0.253 e. The lowest BCUT2D eigenvalue weighted by atomic mass is 9.95. The summed E-state index contributed by atoms with van der Waals surface area (Å²) in [6.45, 7) is 7.79. The average Bonchev–Trinajstić information content (AvgIpc) is 2.61. The Kier molecular flexibility index (Phi) is 5.19. The molecule has 5 nitrogen and oxygen atoms in total. The van der Waals surface area contributed by atoms with Crippen LogP contribution in [0.3, 0.4) is 0 Å². The molecular formula is C19H27N3O2. The molecule has 0 aliphatic carbocycles. The third-order valence-corrected chi connectivity index (χ3v) is 5.04. The van der Waals surface area contributed by atoms with Crippen molar-refractivity contribution in [1.82, 2.24) is 15.1 Å². The molecule has 2 heterocycles. The van der Waals surface area contributed by atoms with Crippen LogP contribution in [0.15, 0.2) is 24.3 Å². The Morgan fingerprint density at radius 1 is 1.08 bits per heavy atom. The van der Waals surface area contributed by atoms with Crippen molar-refractivity contribution >= 4 is 11.8 Å². The molecule has 5 heteroatoms. The molecule has 2 unspecified atom stereocenters. The third-order valence-electron chi connectivity index (χ3n) is 5.04. The smallest absolute Gasteiger partial charge is 0.253 e. The fourth-order valence-electron chi connectivity index (χ4n) is 3.63. The summed E-state index contributed by atoms with van der Waals surface area (Å²) in [5.41, 5.74) is 1.86. The molecule has 1 aromatic rings. The third kappa shape index (κ3) is 3.78. The normalized spacial score (nSPS) is 24.8. The number of piperidine rings is 1. The quantitative estimate of drug-likeness (QED) is 0.898. The summed E-state index contributed by atoms with van der Waals surface area (Å²) >= 11 is 0. The van der Waals surface area contributed by atoms with Gasteiger partial charge in [0.2, 0.25) is 5.91 Å². The first-order chi connectivity index (χ1) is 11.5. The molecule has 24 heavy (non-hydrogen) atoms. The number of carbonyl (C=O) groups excluding carboxylic acids is 2. The lowest BCUT2D eigenvalue weighted by Gasteiger charge is -2.38. The molecule has 2 aliphatic rings. The second-order valence-electron chi connectivity index (χ2n) is 7.10. The zero-order valence-electron chi connectivity index (χ0n) is 14.6. The summed E-state index contributed by atoms with van der Waals surface area (Å²) in [4.78, 5) is 29.3. The van der Waals surface area contributed by atoms with E-state index in [1.807, 2.05) is 41.0 Å². The van der Waals surface area contributed by atoms with E-state index in [1.54, 1.807) is 0 Å². The van der Waals surface area contributed by atoms with Crippen molar-refractivity contribution in [2.24, 2.45) is 5.92 Å². The van der Waals surface area contributed by atoms with Gasteiger partial charge in [0.1, 0.15) is 0 Å². The Bertz CT molecular complexity index is 599. The van der Waals surface area contributed by atoms with Crippen LogP contribution in [-0.2, 0) is 4.79 Å². The number of aryl methyl sites for hydroxylation is 1. The number of hydrogen-bond acceptors (Lipinski definition) is 3. The summed E-state index contributed by atoms with van der Waals surface area (Å²) in [7, 11) is 0. The minimum atomic E-state index is -0.0570. The maximum absolute atomic E-state index is 12.8. The summed E-state index contributed by atoms with van der Waals surface area (Å²) in [6, 6.07) is 8.02. The van der Waals surface area contributed by atoms with Gasteiger partial charge < -0.3 is 15.1 Å². The minimum Gasteiger partial charge on any atom is -0.340 e. The molecule has 3 rings (SSSR count). The van der Waals surface area contributed by atoms with E-state index in [9.17, 15) is 9.59 Å². The van der Waals surface area contributed by atoms with E-state index in [4.69, 9.17) is 0 Å². The Morgan fingerprint density at radius 3 is 2.54 bits per heavy atom. The van der Waals surface area contributed by atoms with Gasteiger partial charge in [-0.1, -0.05) is 17.7 Å². The summed E-state index contributed by atoms with van der Waals surface area (Å²) in [5, 5.41) is 3.36. The van der Waals surface area contributed by atoms with Gasteiger partial charge in [-0.2, -0.15) is 0 Å². The zero-order valence-corrected chi connectivity index (χ0v) is 14.6. The monoisotopic (exact) mass is 329 g/mol. The molecule has 1 N–H and O–H groups in total. The molecule has 0 aromatic heterocycles. The van der Waals surface area contributed by atoms with Crippen LogP contribution in [0.5, 0.6) is 0 Å². The minimum absolute atomic E-state index is 0.0428. The van der Waals surface area contributed by atoms with Crippen LogP contribution in [-0.4, -0.2) is 60.4 Å². The van der Waals surface area contributed by atoms with Gasteiger partial charge >= 0.3 is 0 Å². The fraction of sp³-hybridized carbons (Fsp3) is 0.579. The van der Waals surface area contributed by atoms with Crippen molar-refractivity contribution in [3.8, 4) is 0 Å². The molecule has 2 saturated heterocycles. The van der Waals surface area contributed by atoms with Gasteiger partial charge in [-0.3, -0.25) is 9.59 Å². The number of nitrogens with one attached hydrogen (secondary N) is 1. The molecule has 2 fully saturated rings. The van der Waals surface area contributed by atoms with Crippen molar-refractivity contribution in [2.75, 3.05) is 32.7 Å². The first kappa shape index (κ1) is 17.0. The predicted octanol–water partition coefficient (Wildman–Crippen LogP) is 1.67. The van der Waals surface area contributed by atoms with E-state index in [-0.39, 0.29) is 17.7 Å². The topological polar surface area (TPSA) is 52.7 Å². The fourth-order valence-corrected chi connectivity index (χ4v) is 3.63. The standard InChI is InChI=1S/C19H27N3O2/c1-14-5-7-16(8-6-14)18(23)21-10-3-4-17(13-21)19(24)22-11-9-20-15(2)12-22/h5-8,15,17,20H,3-4,9-13H2,1-2H3. The number of carbonyl (C=O) groups is 2. The Hall–Kier alpha value is -1.88. The van der Waals surface area contributed by atoms with Crippen LogP contribution in [0.1, 0.15) is 35.7 Å². The highest BCUT2D eigenvalue weighted by Gasteiger charge is 2.32. The molecule has 0 saturated carbocycles. The molecule has 0 spiro atoms. The highest BCUT2D eigenvalue weighted by molar-refractivity contribution is 5.94. The highest BCUT2D eigenvalue weighted by atomic mass is 16.2. The SMILES string of the molecule is Cc1ccc(C(=O)N2CCCC(C(=O)N3CCNC(C)C3)C2)cc1. The van der Waals surface area contributed by atoms with Crippen LogP contribution in [0.4, 0.5) is 0 Å². The number of benzene rings is 1.